The van der Waals surface area contributed by atoms with Gasteiger partial charge in [-0.15, -0.1) is 0 Å². The quantitative estimate of drug-likeness (QED) is 0.836. The molecule has 90 valence electrons. The van der Waals surface area contributed by atoms with Crippen LogP contribution < -0.4 is 5.73 Å². The van der Waals surface area contributed by atoms with Gasteiger partial charge in [-0.2, -0.15) is 0 Å². The van der Waals surface area contributed by atoms with Crippen LogP contribution in [-0.2, 0) is 4.74 Å². The zero-order chi connectivity index (χ0) is 12.1. The Morgan fingerprint density at radius 1 is 1.31 bits per heavy atom. The number of ether oxygens (including phenoxy) is 1. The minimum absolute atomic E-state index is 0.166. The monoisotopic (exact) mass is 225 g/mol. The van der Waals surface area contributed by atoms with E-state index in [-0.39, 0.29) is 18.0 Å². The summed E-state index contributed by atoms with van der Waals surface area (Å²) in [4.78, 5) is 0. The molecule has 2 atom stereocenters. The van der Waals surface area contributed by atoms with E-state index >= 15 is 0 Å². The smallest absolute Gasteiger partial charge is 0.123 e. The summed E-state index contributed by atoms with van der Waals surface area (Å²) in [5.41, 5.74) is 6.69. The average Bonchev–Trinajstić information content (AvgIpc) is 2.25. The highest BCUT2D eigenvalue weighted by Crippen LogP contribution is 2.14. The number of rotatable bonds is 5. The van der Waals surface area contributed by atoms with Gasteiger partial charge < -0.3 is 10.5 Å². The van der Waals surface area contributed by atoms with Crippen LogP contribution in [0.15, 0.2) is 24.3 Å². The standard InChI is InChI=1S/C13H20FNO/c1-9(2)10(3)16-8-13(15)11-5-4-6-12(14)7-11/h4-7,9-10,13H,8,15H2,1-3H3. The Morgan fingerprint density at radius 2 is 2.00 bits per heavy atom. The van der Waals surface area contributed by atoms with Crippen molar-refractivity contribution in [2.45, 2.75) is 32.9 Å². The normalized spacial score (nSPS) is 15.1. The van der Waals surface area contributed by atoms with Crippen LogP contribution in [-0.4, -0.2) is 12.7 Å². The van der Waals surface area contributed by atoms with Crippen LogP contribution >= 0.6 is 0 Å². The molecular weight excluding hydrogens is 205 g/mol. The molecule has 1 aromatic rings. The molecule has 2 N–H and O–H groups in total. The summed E-state index contributed by atoms with van der Waals surface area (Å²) in [5.74, 6) is 0.199. The van der Waals surface area contributed by atoms with E-state index in [1.54, 1.807) is 6.07 Å². The van der Waals surface area contributed by atoms with E-state index in [1.165, 1.54) is 12.1 Å². The van der Waals surface area contributed by atoms with Gasteiger partial charge in [0.15, 0.2) is 0 Å². The fraction of sp³-hybridized carbons (Fsp3) is 0.538. The van der Waals surface area contributed by atoms with Gasteiger partial charge in [0.25, 0.3) is 0 Å². The first-order valence-electron chi connectivity index (χ1n) is 5.63. The fourth-order valence-corrected chi connectivity index (χ4v) is 1.28. The maximum Gasteiger partial charge on any atom is 0.123 e. The first-order chi connectivity index (χ1) is 7.50. The topological polar surface area (TPSA) is 35.2 Å². The lowest BCUT2D eigenvalue weighted by atomic mass is 10.1. The van der Waals surface area contributed by atoms with Crippen LogP contribution in [0.25, 0.3) is 0 Å². The molecule has 0 aliphatic rings. The second-order valence-electron chi connectivity index (χ2n) is 4.44. The van der Waals surface area contributed by atoms with Gasteiger partial charge in [-0.1, -0.05) is 26.0 Å². The molecular formula is C13H20FNO. The van der Waals surface area contributed by atoms with Gasteiger partial charge in [0.1, 0.15) is 5.82 Å². The molecule has 0 saturated heterocycles. The first kappa shape index (κ1) is 13.1. The van der Waals surface area contributed by atoms with E-state index in [4.69, 9.17) is 10.5 Å². The van der Waals surface area contributed by atoms with E-state index in [9.17, 15) is 4.39 Å². The summed E-state index contributed by atoms with van der Waals surface area (Å²) in [6, 6.07) is 6.08. The molecule has 0 aromatic heterocycles. The average molecular weight is 225 g/mol. The predicted molar refractivity (Wildman–Crippen MR) is 63.6 cm³/mol. The molecule has 0 heterocycles. The van der Waals surface area contributed by atoms with Crippen LogP contribution in [0.5, 0.6) is 0 Å². The van der Waals surface area contributed by atoms with Crippen molar-refractivity contribution in [3.63, 3.8) is 0 Å². The molecule has 1 aromatic carbocycles. The molecule has 0 aliphatic heterocycles. The maximum absolute atomic E-state index is 13.0. The van der Waals surface area contributed by atoms with E-state index in [1.807, 2.05) is 13.0 Å². The van der Waals surface area contributed by atoms with Crippen LogP contribution in [0.4, 0.5) is 4.39 Å². The number of benzene rings is 1. The van der Waals surface area contributed by atoms with Crippen molar-refractivity contribution in [3.8, 4) is 0 Å². The molecule has 2 unspecified atom stereocenters. The lowest BCUT2D eigenvalue weighted by Gasteiger charge is -2.19. The van der Waals surface area contributed by atoms with E-state index in [0.29, 0.717) is 12.5 Å². The summed E-state index contributed by atoms with van der Waals surface area (Å²) in [5, 5.41) is 0. The maximum atomic E-state index is 13.0. The molecule has 0 bridgehead atoms. The summed E-state index contributed by atoms with van der Waals surface area (Å²) in [6.07, 6.45) is 0.166. The molecule has 0 amide bonds. The zero-order valence-electron chi connectivity index (χ0n) is 10.1. The highest BCUT2D eigenvalue weighted by atomic mass is 19.1. The molecule has 0 saturated carbocycles. The Morgan fingerprint density at radius 3 is 2.56 bits per heavy atom. The van der Waals surface area contributed by atoms with Crippen molar-refractivity contribution < 1.29 is 9.13 Å². The van der Waals surface area contributed by atoms with Gasteiger partial charge in [-0.3, -0.25) is 0 Å². The summed E-state index contributed by atoms with van der Waals surface area (Å²) >= 11 is 0. The molecule has 0 spiro atoms. The van der Waals surface area contributed by atoms with Crippen molar-refractivity contribution in [1.29, 1.82) is 0 Å². The van der Waals surface area contributed by atoms with Gasteiger partial charge >= 0.3 is 0 Å². The number of hydrogen-bond donors (Lipinski definition) is 1. The van der Waals surface area contributed by atoms with E-state index in [2.05, 4.69) is 13.8 Å². The number of hydrogen-bond acceptors (Lipinski definition) is 2. The lowest BCUT2D eigenvalue weighted by molar-refractivity contribution is 0.0272. The second kappa shape index (κ2) is 5.97. The SMILES string of the molecule is CC(C)C(C)OCC(N)c1cccc(F)c1. The van der Waals surface area contributed by atoms with Crippen LogP contribution in [0.1, 0.15) is 32.4 Å². The third-order valence-electron chi connectivity index (χ3n) is 2.75. The number of nitrogens with two attached hydrogens (primary N) is 1. The van der Waals surface area contributed by atoms with E-state index in [0.717, 1.165) is 5.56 Å². The van der Waals surface area contributed by atoms with Gasteiger partial charge in [-0.25, -0.2) is 4.39 Å². The molecule has 0 aliphatic carbocycles. The molecule has 16 heavy (non-hydrogen) atoms. The molecule has 3 heteroatoms. The molecule has 0 fully saturated rings. The Kier molecular flexibility index (Phi) is 4.90. The van der Waals surface area contributed by atoms with E-state index < -0.39 is 0 Å². The van der Waals surface area contributed by atoms with Crippen LogP contribution in [0.3, 0.4) is 0 Å². The van der Waals surface area contributed by atoms with Crippen LogP contribution in [0.2, 0.25) is 0 Å². The first-order valence-corrected chi connectivity index (χ1v) is 5.63. The number of halogens is 1. The zero-order valence-corrected chi connectivity index (χ0v) is 10.1. The van der Waals surface area contributed by atoms with Crippen molar-refractivity contribution in [2.75, 3.05) is 6.61 Å². The Labute approximate surface area is 96.6 Å². The minimum Gasteiger partial charge on any atom is -0.376 e. The van der Waals surface area contributed by atoms with Gasteiger partial charge in [0.05, 0.1) is 18.8 Å². The summed E-state index contributed by atoms with van der Waals surface area (Å²) in [6.45, 7) is 6.63. The highest BCUT2D eigenvalue weighted by molar-refractivity contribution is 5.19. The van der Waals surface area contributed by atoms with Gasteiger partial charge in [-0.05, 0) is 30.5 Å². The summed E-state index contributed by atoms with van der Waals surface area (Å²) < 4.78 is 18.6. The Balaban J connectivity index is 2.49. The van der Waals surface area contributed by atoms with Gasteiger partial charge in [0, 0.05) is 0 Å². The minimum atomic E-state index is -0.267. The highest BCUT2D eigenvalue weighted by Gasteiger charge is 2.11. The fourth-order valence-electron chi connectivity index (χ4n) is 1.28. The van der Waals surface area contributed by atoms with Crippen molar-refractivity contribution in [3.05, 3.63) is 35.6 Å². The molecule has 2 nitrogen and oxygen atoms in total. The third kappa shape index (κ3) is 3.91. The Hall–Kier alpha value is -0.930. The van der Waals surface area contributed by atoms with Crippen molar-refractivity contribution >= 4 is 0 Å². The summed E-state index contributed by atoms with van der Waals surface area (Å²) in [7, 11) is 0. The Bertz CT molecular complexity index is 327. The lowest BCUT2D eigenvalue weighted by Crippen LogP contribution is -2.23. The second-order valence-corrected chi connectivity index (χ2v) is 4.44. The van der Waals surface area contributed by atoms with Gasteiger partial charge in [0.2, 0.25) is 0 Å². The van der Waals surface area contributed by atoms with Crippen LogP contribution in [0, 0.1) is 11.7 Å². The largest absolute Gasteiger partial charge is 0.376 e. The molecule has 1 rings (SSSR count). The third-order valence-corrected chi connectivity index (χ3v) is 2.75. The van der Waals surface area contributed by atoms with Crippen molar-refractivity contribution in [2.24, 2.45) is 11.7 Å². The van der Waals surface area contributed by atoms with Crippen molar-refractivity contribution in [1.82, 2.24) is 0 Å². The predicted octanol–water partition coefficient (Wildman–Crippen LogP) is 2.89. The molecule has 0 radical (unpaired) electrons.